The van der Waals surface area contributed by atoms with Gasteiger partial charge in [0, 0.05) is 5.92 Å². The van der Waals surface area contributed by atoms with E-state index in [1.165, 1.54) is 0 Å². The maximum absolute atomic E-state index is 11.4. The Morgan fingerprint density at radius 1 is 1.33 bits per heavy atom. The van der Waals surface area contributed by atoms with Crippen molar-refractivity contribution in [3.63, 3.8) is 0 Å². The van der Waals surface area contributed by atoms with Crippen LogP contribution in [0.15, 0.2) is 24.3 Å². The summed E-state index contributed by atoms with van der Waals surface area (Å²) in [4.78, 5) is 11.4. The fraction of sp³-hybridized carbons (Fsp3) is 0.417. The molecule has 1 fully saturated rings. The van der Waals surface area contributed by atoms with Gasteiger partial charge in [0.2, 0.25) is 0 Å². The van der Waals surface area contributed by atoms with Crippen LogP contribution in [0.1, 0.15) is 17.2 Å². The molecule has 0 unspecified atom stereocenters. The summed E-state index contributed by atoms with van der Waals surface area (Å²) in [6.45, 7) is 0.453. The highest BCUT2D eigenvalue weighted by Crippen LogP contribution is 2.41. The van der Waals surface area contributed by atoms with Crippen LogP contribution >= 0.6 is 0 Å². The van der Waals surface area contributed by atoms with Gasteiger partial charge in [-0.3, -0.25) is 4.79 Å². The predicted octanol–water partition coefficient (Wildman–Crippen LogP) is 1.07. The first kappa shape index (κ1) is 8.92. The maximum atomic E-state index is 11.4. The van der Waals surface area contributed by atoms with Crippen molar-refractivity contribution < 1.29 is 14.6 Å². The third-order valence-electron chi connectivity index (χ3n) is 3.42. The molecule has 0 radical (unpaired) electrons. The number of hydrogen-bond acceptors (Lipinski definition) is 3. The molecular formula is C12H12O3. The van der Waals surface area contributed by atoms with E-state index in [9.17, 15) is 9.90 Å². The van der Waals surface area contributed by atoms with Gasteiger partial charge >= 0.3 is 5.97 Å². The number of cyclic esters (lactones) is 1. The maximum Gasteiger partial charge on any atom is 0.312 e. The van der Waals surface area contributed by atoms with Crippen molar-refractivity contribution in [2.24, 2.45) is 11.8 Å². The zero-order valence-electron chi connectivity index (χ0n) is 8.22. The Morgan fingerprint density at radius 2 is 2.13 bits per heavy atom. The van der Waals surface area contributed by atoms with Gasteiger partial charge in [0.25, 0.3) is 0 Å². The van der Waals surface area contributed by atoms with Crippen LogP contribution < -0.4 is 0 Å². The van der Waals surface area contributed by atoms with Crippen LogP contribution in [0.3, 0.4) is 0 Å². The lowest BCUT2D eigenvalue weighted by Crippen LogP contribution is -2.30. The van der Waals surface area contributed by atoms with Crippen LogP contribution in [0.2, 0.25) is 0 Å². The molecule has 2 aliphatic rings. The molecule has 0 spiro atoms. The normalized spacial score (nSPS) is 33.1. The predicted molar refractivity (Wildman–Crippen MR) is 53.0 cm³/mol. The number of hydrogen-bond donors (Lipinski definition) is 1. The lowest BCUT2D eigenvalue weighted by Gasteiger charge is -2.29. The number of carbonyl (C=O) groups is 1. The van der Waals surface area contributed by atoms with Gasteiger partial charge in [0.15, 0.2) is 0 Å². The van der Waals surface area contributed by atoms with Gasteiger partial charge in [-0.15, -0.1) is 0 Å². The summed E-state index contributed by atoms with van der Waals surface area (Å²) in [6.07, 6.45) is 0.152. The summed E-state index contributed by atoms with van der Waals surface area (Å²) in [5, 5.41) is 10.1. The lowest BCUT2D eigenvalue weighted by atomic mass is 9.75. The van der Waals surface area contributed by atoms with E-state index >= 15 is 0 Å². The largest absolute Gasteiger partial charge is 0.465 e. The van der Waals surface area contributed by atoms with Gasteiger partial charge in [0.1, 0.15) is 0 Å². The SMILES string of the molecule is O=C1OC[C@H]2Cc3ccccc3[C@@H](O)[C@@H]12. The molecule has 3 rings (SSSR count). The molecule has 1 heterocycles. The van der Waals surface area contributed by atoms with E-state index in [1.807, 2.05) is 24.3 Å². The van der Waals surface area contributed by atoms with E-state index in [0.717, 1.165) is 17.5 Å². The molecule has 3 atom stereocenters. The van der Waals surface area contributed by atoms with Gasteiger partial charge in [-0.05, 0) is 17.5 Å². The van der Waals surface area contributed by atoms with Gasteiger partial charge in [-0.2, -0.15) is 0 Å². The van der Waals surface area contributed by atoms with Crippen molar-refractivity contribution in [3.8, 4) is 0 Å². The minimum absolute atomic E-state index is 0.155. The summed E-state index contributed by atoms with van der Waals surface area (Å²) in [7, 11) is 0. The van der Waals surface area contributed by atoms with Crippen molar-refractivity contribution in [2.75, 3.05) is 6.61 Å². The molecule has 78 valence electrons. The molecule has 3 heteroatoms. The summed E-state index contributed by atoms with van der Waals surface area (Å²) in [5.41, 5.74) is 2.03. The standard InChI is InChI=1S/C12H12O3/c13-11-9-4-2-1-3-7(9)5-8-6-15-12(14)10(8)11/h1-4,8,10-11,13H,5-6H2/t8-,10+,11-/m1/s1. The highest BCUT2D eigenvalue weighted by molar-refractivity contribution is 5.76. The topological polar surface area (TPSA) is 46.5 Å². The number of benzene rings is 1. The smallest absolute Gasteiger partial charge is 0.312 e. The molecule has 1 aliphatic heterocycles. The second-order valence-corrected chi connectivity index (χ2v) is 4.26. The molecule has 0 saturated carbocycles. The minimum Gasteiger partial charge on any atom is -0.465 e. The second-order valence-electron chi connectivity index (χ2n) is 4.26. The Kier molecular flexibility index (Phi) is 1.83. The molecule has 15 heavy (non-hydrogen) atoms. The highest BCUT2D eigenvalue weighted by Gasteiger charge is 2.45. The fourth-order valence-electron chi connectivity index (χ4n) is 2.64. The Hall–Kier alpha value is -1.35. The molecular weight excluding hydrogens is 192 g/mol. The molecule has 1 aromatic carbocycles. The molecule has 0 bridgehead atoms. The van der Waals surface area contributed by atoms with E-state index < -0.39 is 6.10 Å². The molecule has 1 aromatic rings. The van der Waals surface area contributed by atoms with Crippen molar-refractivity contribution in [2.45, 2.75) is 12.5 Å². The summed E-state index contributed by atoms with van der Waals surface area (Å²) >= 11 is 0. The third-order valence-corrected chi connectivity index (χ3v) is 3.42. The summed E-state index contributed by atoms with van der Waals surface area (Å²) < 4.78 is 5.00. The number of fused-ring (bicyclic) bond motifs is 2. The Labute approximate surface area is 87.7 Å². The number of aliphatic hydroxyl groups excluding tert-OH is 1. The van der Waals surface area contributed by atoms with Crippen molar-refractivity contribution in [3.05, 3.63) is 35.4 Å². The number of rotatable bonds is 0. The number of carbonyl (C=O) groups excluding carboxylic acids is 1. The number of aliphatic hydroxyl groups is 1. The number of esters is 1. The molecule has 1 aliphatic carbocycles. The monoisotopic (exact) mass is 204 g/mol. The van der Waals surface area contributed by atoms with Gasteiger partial charge < -0.3 is 9.84 Å². The van der Waals surface area contributed by atoms with E-state index in [1.54, 1.807) is 0 Å². The Balaban J connectivity index is 2.07. The summed E-state index contributed by atoms with van der Waals surface area (Å²) in [6, 6.07) is 7.76. The first-order valence-corrected chi connectivity index (χ1v) is 5.20. The quantitative estimate of drug-likeness (QED) is 0.643. The van der Waals surface area contributed by atoms with Crippen LogP contribution in [0.5, 0.6) is 0 Å². The first-order valence-electron chi connectivity index (χ1n) is 5.20. The van der Waals surface area contributed by atoms with Crippen LogP contribution in [-0.4, -0.2) is 17.7 Å². The molecule has 1 N–H and O–H groups in total. The van der Waals surface area contributed by atoms with Gasteiger partial charge in [-0.25, -0.2) is 0 Å². The van der Waals surface area contributed by atoms with Crippen LogP contribution in [-0.2, 0) is 16.0 Å². The molecule has 0 aromatic heterocycles. The van der Waals surface area contributed by atoms with E-state index in [4.69, 9.17) is 4.74 Å². The zero-order valence-corrected chi connectivity index (χ0v) is 8.22. The zero-order chi connectivity index (χ0) is 10.4. The Morgan fingerprint density at radius 3 is 3.00 bits per heavy atom. The van der Waals surface area contributed by atoms with E-state index in [2.05, 4.69) is 0 Å². The minimum atomic E-state index is -0.685. The third kappa shape index (κ3) is 1.20. The molecule has 0 amide bonds. The highest BCUT2D eigenvalue weighted by atomic mass is 16.5. The van der Waals surface area contributed by atoms with Crippen LogP contribution in [0.4, 0.5) is 0 Å². The molecule has 3 nitrogen and oxygen atoms in total. The lowest BCUT2D eigenvalue weighted by molar-refractivity contribution is -0.144. The fourth-order valence-corrected chi connectivity index (χ4v) is 2.64. The molecule has 1 saturated heterocycles. The van der Waals surface area contributed by atoms with E-state index in [-0.39, 0.29) is 17.8 Å². The second kappa shape index (κ2) is 3.07. The Bertz CT molecular complexity index is 413. The average molecular weight is 204 g/mol. The van der Waals surface area contributed by atoms with Crippen LogP contribution in [0.25, 0.3) is 0 Å². The van der Waals surface area contributed by atoms with Crippen molar-refractivity contribution in [1.29, 1.82) is 0 Å². The number of ether oxygens (including phenoxy) is 1. The van der Waals surface area contributed by atoms with Crippen LogP contribution in [0, 0.1) is 11.8 Å². The summed E-state index contributed by atoms with van der Waals surface area (Å²) in [5.74, 6) is -0.440. The van der Waals surface area contributed by atoms with Gasteiger partial charge in [0.05, 0.1) is 18.6 Å². The first-order chi connectivity index (χ1) is 7.27. The van der Waals surface area contributed by atoms with E-state index in [0.29, 0.717) is 6.61 Å². The average Bonchev–Trinajstić information content (AvgIpc) is 2.61. The van der Waals surface area contributed by atoms with Crippen molar-refractivity contribution in [1.82, 2.24) is 0 Å². The van der Waals surface area contributed by atoms with Gasteiger partial charge in [-0.1, -0.05) is 24.3 Å². The van der Waals surface area contributed by atoms with Crippen molar-refractivity contribution >= 4 is 5.97 Å².